The van der Waals surface area contributed by atoms with E-state index in [1.807, 2.05) is 48.5 Å². The second-order valence-corrected chi connectivity index (χ2v) is 23.9. The van der Waals surface area contributed by atoms with E-state index in [1.54, 1.807) is 0 Å². The van der Waals surface area contributed by atoms with Crippen LogP contribution in [0.25, 0.3) is 0 Å². The Balaban J connectivity index is 1.30. The van der Waals surface area contributed by atoms with Gasteiger partial charge in [0.1, 0.15) is 11.5 Å². The van der Waals surface area contributed by atoms with Crippen LogP contribution in [0.15, 0.2) is 48.5 Å². The third kappa shape index (κ3) is 13.3. The maximum absolute atomic E-state index is 15.0. The number of para-hydroxylation sites is 2. The first-order valence-corrected chi connectivity index (χ1v) is 27.1. The lowest BCUT2D eigenvalue weighted by atomic mass is 9.75. The van der Waals surface area contributed by atoms with Crippen LogP contribution in [-0.2, 0) is 18.1 Å². The molecule has 6 rings (SSSR count). The minimum absolute atomic E-state index is 0.0319. The molecule has 0 N–H and O–H groups in total. The minimum Gasteiger partial charge on any atom is -0.426 e. The highest BCUT2D eigenvalue weighted by atomic mass is 31.2. The highest BCUT2D eigenvalue weighted by Gasteiger charge is 2.42. The molecule has 0 saturated heterocycles. The molecule has 0 radical (unpaired) electrons. The summed E-state index contributed by atoms with van der Waals surface area (Å²) in [6.45, 7) is 27.8. The van der Waals surface area contributed by atoms with Gasteiger partial charge in [-0.15, -0.1) is 0 Å². The first-order valence-electron chi connectivity index (χ1n) is 24.9. The molecule has 0 aliphatic heterocycles. The topological polar surface area (TPSA) is 72.5 Å². The lowest BCUT2D eigenvalue weighted by Gasteiger charge is -2.41. The van der Waals surface area contributed by atoms with E-state index >= 15 is 4.79 Å². The molecule has 0 heterocycles. The molecular weight excluding hydrogens is 811 g/mol. The lowest BCUT2D eigenvalue weighted by Crippen LogP contribution is -2.36. The van der Waals surface area contributed by atoms with Crippen LogP contribution >= 0.6 is 17.2 Å². The molecule has 2 aromatic rings. The molecule has 4 aliphatic rings. The van der Waals surface area contributed by atoms with Crippen LogP contribution in [0, 0.1) is 71.0 Å². The summed E-state index contributed by atoms with van der Waals surface area (Å²) in [4.78, 5) is 15.0. The zero-order valence-electron chi connectivity index (χ0n) is 40.6. The summed E-state index contributed by atoms with van der Waals surface area (Å²) in [6, 6.07) is 15.2. The predicted octanol–water partition coefficient (Wildman–Crippen LogP) is 16.0. The van der Waals surface area contributed by atoms with Crippen molar-refractivity contribution in [1.29, 1.82) is 0 Å². The van der Waals surface area contributed by atoms with Crippen molar-refractivity contribution in [2.24, 2.45) is 71.0 Å². The van der Waals surface area contributed by atoms with Gasteiger partial charge in [0.2, 0.25) is 5.78 Å². The van der Waals surface area contributed by atoms with Crippen molar-refractivity contribution in [2.45, 2.75) is 185 Å². The van der Waals surface area contributed by atoms with Crippen LogP contribution in [0.4, 0.5) is 0 Å². The number of ketones is 1. The number of rotatable bonds is 18. The zero-order valence-corrected chi connectivity index (χ0v) is 42.4. The van der Waals surface area contributed by atoms with Crippen molar-refractivity contribution >= 4 is 23.0 Å². The largest absolute Gasteiger partial charge is 0.426 e. The second kappa shape index (κ2) is 23.2. The number of hydrogen-bond donors (Lipinski definition) is 0. The minimum atomic E-state index is -1.82. The monoisotopic (exact) mass is 895 g/mol. The van der Waals surface area contributed by atoms with Gasteiger partial charge in [-0.2, -0.15) is 0 Å². The number of benzene rings is 2. The van der Waals surface area contributed by atoms with Gasteiger partial charge in [-0.05, 0) is 147 Å². The summed E-state index contributed by atoms with van der Waals surface area (Å²) >= 11 is 0. The Bertz CT molecular complexity index is 1490. The van der Waals surface area contributed by atoms with Gasteiger partial charge in [0.25, 0.3) is 0 Å². The van der Waals surface area contributed by atoms with E-state index < -0.39 is 17.2 Å². The van der Waals surface area contributed by atoms with E-state index in [9.17, 15) is 0 Å². The molecule has 4 fully saturated rings. The molecule has 14 atom stereocenters. The first-order chi connectivity index (χ1) is 29.6. The maximum Gasteiger partial charge on any atom is 0.397 e. The van der Waals surface area contributed by atoms with Gasteiger partial charge in [0.05, 0.1) is 35.5 Å². The Morgan fingerprint density at radius 1 is 0.435 bits per heavy atom. The Morgan fingerprint density at radius 3 is 0.952 bits per heavy atom. The van der Waals surface area contributed by atoms with Gasteiger partial charge in [-0.25, -0.2) is 0 Å². The summed E-state index contributed by atoms with van der Waals surface area (Å²) in [6.07, 6.45) is 13.5. The molecule has 62 heavy (non-hydrogen) atoms. The fraction of sp³-hybridized carbons (Fsp3) is 0.755. The summed E-state index contributed by atoms with van der Waals surface area (Å²) < 4.78 is 42.2. The van der Waals surface area contributed by atoms with E-state index in [-0.39, 0.29) is 30.2 Å². The molecule has 2 aromatic carbocycles. The van der Waals surface area contributed by atoms with Gasteiger partial charge in [0.15, 0.2) is 0 Å². The quantitative estimate of drug-likeness (QED) is 0.109. The molecule has 9 heteroatoms. The van der Waals surface area contributed by atoms with E-state index in [1.165, 1.54) is 25.7 Å². The van der Waals surface area contributed by atoms with E-state index in [4.69, 9.17) is 27.1 Å². The van der Waals surface area contributed by atoms with Crippen molar-refractivity contribution in [3.63, 3.8) is 0 Å². The lowest BCUT2D eigenvalue weighted by molar-refractivity contribution is -0.00315. The van der Waals surface area contributed by atoms with E-state index in [0.717, 1.165) is 51.4 Å². The summed E-state index contributed by atoms with van der Waals surface area (Å²) in [5, 5.41) is 0. The fourth-order valence-corrected chi connectivity index (χ4v) is 14.1. The standard InChI is InChI=1S/C53H84O7P2/c1-33(2)41-25-21-37(9)29-49(41)57-61(58-50-30-38(10)22-26-42(50)34(3)4)55-47-19-15-13-17-45(47)53(54)46-18-14-16-20-48(46)56-62(59-51-31-39(11)23-27-43(51)35(5)6)60-52-32-40(12)24-28-44(52)36(7)8/h13-20,33-44,49-52H,21-32H2,1-12H3/t37-,38-,39-,40-,41+,42?,43+,44?,49-,50-,51-,52-,61?,62?/m1/s1. The second-order valence-electron chi connectivity index (χ2n) is 21.8. The summed E-state index contributed by atoms with van der Waals surface area (Å²) in [5.74, 6) is 6.74. The van der Waals surface area contributed by atoms with Crippen LogP contribution < -0.4 is 9.05 Å². The number of hydrogen-bond acceptors (Lipinski definition) is 7. The molecular formula is C53H84O7P2. The molecule has 7 nitrogen and oxygen atoms in total. The summed E-state index contributed by atoms with van der Waals surface area (Å²) in [5.41, 5.74) is 0.928. The smallest absolute Gasteiger partial charge is 0.397 e. The van der Waals surface area contributed by atoms with Crippen molar-refractivity contribution in [3.05, 3.63) is 59.7 Å². The Labute approximate surface area is 380 Å². The highest BCUT2D eigenvalue weighted by molar-refractivity contribution is 7.42. The van der Waals surface area contributed by atoms with E-state index in [0.29, 0.717) is 93.6 Å². The molecule has 4 unspecified atom stereocenters. The summed E-state index contributed by atoms with van der Waals surface area (Å²) in [7, 11) is -3.65. The molecule has 0 aromatic heterocycles. The van der Waals surface area contributed by atoms with Crippen LogP contribution in [0.1, 0.15) is 176 Å². The molecule has 0 bridgehead atoms. The molecule has 0 spiro atoms. The Hall–Kier alpha value is -1.59. The zero-order chi connectivity index (χ0) is 44.7. The van der Waals surface area contributed by atoms with Gasteiger partial charge >= 0.3 is 17.2 Å². The van der Waals surface area contributed by atoms with Gasteiger partial charge < -0.3 is 9.05 Å². The average molecular weight is 895 g/mol. The SMILES string of the molecule is CC(C)C1CC[C@@H](C)C[C@H]1OP(Oc1ccccc1C(=O)c1ccccc1OP(O[C@@H]1C[C@H](C)CCC1C(C)C)O[C@@H]1C[C@H](C)CC[C@H]1C(C)C)O[C@@H]1C[C@H](C)CC[C@H]1C(C)C. The molecule has 348 valence electrons. The third-order valence-electron chi connectivity index (χ3n) is 15.3. The maximum atomic E-state index is 15.0. The van der Waals surface area contributed by atoms with Crippen molar-refractivity contribution < 1.29 is 31.9 Å². The fourth-order valence-electron chi connectivity index (χ4n) is 11.3. The van der Waals surface area contributed by atoms with Crippen molar-refractivity contribution in [3.8, 4) is 11.5 Å². The van der Waals surface area contributed by atoms with Crippen LogP contribution in [0.3, 0.4) is 0 Å². The van der Waals surface area contributed by atoms with Crippen LogP contribution in [-0.4, -0.2) is 30.2 Å². The first kappa shape index (κ1) is 49.8. The molecule has 4 aliphatic carbocycles. The van der Waals surface area contributed by atoms with Crippen LogP contribution in [0.2, 0.25) is 0 Å². The third-order valence-corrected chi connectivity index (χ3v) is 17.8. The van der Waals surface area contributed by atoms with Crippen molar-refractivity contribution in [1.82, 2.24) is 0 Å². The number of carbonyl (C=O) groups excluding carboxylic acids is 1. The van der Waals surface area contributed by atoms with Crippen LogP contribution in [0.5, 0.6) is 11.5 Å². The average Bonchev–Trinajstić information content (AvgIpc) is 3.20. The van der Waals surface area contributed by atoms with E-state index in [2.05, 4.69) is 83.1 Å². The van der Waals surface area contributed by atoms with Gasteiger partial charge in [0, 0.05) is 0 Å². The van der Waals surface area contributed by atoms with Gasteiger partial charge in [-0.1, -0.05) is 133 Å². The molecule has 4 saturated carbocycles. The van der Waals surface area contributed by atoms with Crippen molar-refractivity contribution in [2.75, 3.05) is 0 Å². The predicted molar refractivity (Wildman–Crippen MR) is 256 cm³/mol. The van der Waals surface area contributed by atoms with Gasteiger partial charge in [-0.3, -0.25) is 22.9 Å². The normalized spacial score (nSPS) is 33.2. The molecule has 0 amide bonds. The highest BCUT2D eigenvalue weighted by Crippen LogP contribution is 2.54. The Morgan fingerprint density at radius 2 is 0.694 bits per heavy atom. The number of carbonyl (C=O) groups is 1. The Kier molecular flexibility index (Phi) is 18.7.